The molecule has 0 bridgehead atoms. The SMILES string of the molecule is C[C@H](NC(=O)c1nnn(-c2ccccc2Cl)c1-c1ccncc1)c1ccc(F)cc1. The predicted octanol–water partition coefficient (Wildman–Crippen LogP) is 4.61. The Labute approximate surface area is 177 Å². The second kappa shape index (κ2) is 8.42. The topological polar surface area (TPSA) is 72.7 Å². The van der Waals surface area contributed by atoms with E-state index >= 15 is 0 Å². The predicted molar refractivity (Wildman–Crippen MR) is 112 cm³/mol. The van der Waals surface area contributed by atoms with Gasteiger partial charge in [-0.3, -0.25) is 9.78 Å². The van der Waals surface area contributed by atoms with Crippen LogP contribution in [0.3, 0.4) is 0 Å². The summed E-state index contributed by atoms with van der Waals surface area (Å²) in [5.41, 5.74) is 2.73. The van der Waals surface area contributed by atoms with Gasteiger partial charge in [0.05, 0.1) is 16.8 Å². The van der Waals surface area contributed by atoms with Crippen molar-refractivity contribution in [1.29, 1.82) is 0 Å². The van der Waals surface area contributed by atoms with Gasteiger partial charge in [0.15, 0.2) is 5.69 Å². The Morgan fingerprint density at radius 3 is 2.47 bits per heavy atom. The van der Waals surface area contributed by atoms with E-state index in [4.69, 9.17) is 11.6 Å². The molecule has 0 saturated carbocycles. The zero-order chi connectivity index (χ0) is 21.1. The highest BCUT2D eigenvalue weighted by Crippen LogP contribution is 2.28. The molecule has 1 atom stereocenters. The first-order valence-electron chi connectivity index (χ1n) is 9.22. The fourth-order valence-corrected chi connectivity index (χ4v) is 3.31. The molecular weight excluding hydrogens is 405 g/mol. The maximum absolute atomic E-state index is 13.2. The summed E-state index contributed by atoms with van der Waals surface area (Å²) < 4.78 is 14.7. The number of halogens is 2. The molecule has 30 heavy (non-hydrogen) atoms. The molecular formula is C22H17ClFN5O. The smallest absolute Gasteiger partial charge is 0.274 e. The molecule has 4 aromatic rings. The van der Waals surface area contributed by atoms with E-state index in [0.717, 1.165) is 11.1 Å². The number of carbonyl (C=O) groups is 1. The lowest BCUT2D eigenvalue weighted by Crippen LogP contribution is -2.27. The zero-order valence-corrected chi connectivity index (χ0v) is 16.7. The molecule has 6 nitrogen and oxygen atoms in total. The van der Waals surface area contributed by atoms with Crippen molar-refractivity contribution in [3.8, 4) is 16.9 Å². The Balaban J connectivity index is 1.74. The van der Waals surface area contributed by atoms with Gasteiger partial charge >= 0.3 is 0 Å². The third-order valence-corrected chi connectivity index (χ3v) is 4.96. The first-order valence-corrected chi connectivity index (χ1v) is 9.59. The van der Waals surface area contributed by atoms with Crippen molar-refractivity contribution in [2.75, 3.05) is 0 Å². The fraction of sp³-hybridized carbons (Fsp3) is 0.0909. The maximum atomic E-state index is 13.2. The van der Waals surface area contributed by atoms with E-state index < -0.39 is 5.91 Å². The van der Waals surface area contributed by atoms with Gasteiger partial charge in [-0.05, 0) is 48.9 Å². The number of amides is 1. The highest BCUT2D eigenvalue weighted by Gasteiger charge is 2.24. The van der Waals surface area contributed by atoms with E-state index in [1.165, 1.54) is 16.8 Å². The number of carbonyl (C=O) groups excluding carboxylic acids is 1. The summed E-state index contributed by atoms with van der Waals surface area (Å²) in [7, 11) is 0. The summed E-state index contributed by atoms with van der Waals surface area (Å²) in [6.07, 6.45) is 3.25. The van der Waals surface area contributed by atoms with Crippen LogP contribution in [0, 0.1) is 5.82 Å². The first kappa shape index (κ1) is 19.7. The third kappa shape index (κ3) is 3.92. The number of pyridine rings is 1. The van der Waals surface area contributed by atoms with Crippen LogP contribution in [0.1, 0.15) is 29.0 Å². The number of nitrogens with one attached hydrogen (secondary N) is 1. The summed E-state index contributed by atoms with van der Waals surface area (Å²) in [6.45, 7) is 1.82. The standard InChI is InChI=1S/C22H17ClFN5O/c1-14(15-6-8-17(24)9-7-15)26-22(30)20-21(16-10-12-25-13-11-16)29(28-27-20)19-5-3-2-4-18(19)23/h2-14H,1H3,(H,26,30)/t14-/m0/s1. The molecule has 0 spiro atoms. The van der Waals surface area contributed by atoms with Gasteiger partial charge in [0.25, 0.3) is 5.91 Å². The molecule has 0 fully saturated rings. The minimum atomic E-state index is -0.406. The monoisotopic (exact) mass is 421 g/mol. The Bertz CT molecular complexity index is 1180. The average molecular weight is 422 g/mol. The van der Waals surface area contributed by atoms with Crippen LogP contribution in [0.25, 0.3) is 16.9 Å². The lowest BCUT2D eigenvalue weighted by molar-refractivity contribution is 0.0935. The summed E-state index contributed by atoms with van der Waals surface area (Å²) in [5, 5.41) is 11.7. The van der Waals surface area contributed by atoms with E-state index in [2.05, 4.69) is 20.6 Å². The Morgan fingerprint density at radius 2 is 1.77 bits per heavy atom. The molecule has 4 rings (SSSR count). The van der Waals surface area contributed by atoms with Crippen LogP contribution in [0.4, 0.5) is 4.39 Å². The molecule has 0 saturated heterocycles. The molecule has 2 aromatic heterocycles. The summed E-state index contributed by atoms with van der Waals surface area (Å²) in [6, 6.07) is 16.3. The molecule has 2 heterocycles. The molecule has 8 heteroatoms. The Hall–Kier alpha value is -3.58. The van der Waals surface area contributed by atoms with Gasteiger partial charge < -0.3 is 5.32 Å². The van der Waals surface area contributed by atoms with E-state index in [0.29, 0.717) is 16.4 Å². The number of rotatable bonds is 5. The van der Waals surface area contributed by atoms with Crippen molar-refractivity contribution in [3.63, 3.8) is 0 Å². The van der Waals surface area contributed by atoms with Gasteiger partial charge in [-0.25, -0.2) is 9.07 Å². The number of aromatic nitrogens is 4. The van der Waals surface area contributed by atoms with Crippen molar-refractivity contribution in [2.45, 2.75) is 13.0 Å². The molecule has 0 aliphatic carbocycles. The van der Waals surface area contributed by atoms with Crippen molar-refractivity contribution in [2.24, 2.45) is 0 Å². The largest absolute Gasteiger partial charge is 0.344 e. The van der Waals surface area contributed by atoms with E-state index in [1.54, 1.807) is 48.8 Å². The number of para-hydroxylation sites is 1. The van der Waals surface area contributed by atoms with Crippen LogP contribution in [0.2, 0.25) is 5.02 Å². The number of hydrogen-bond donors (Lipinski definition) is 1. The summed E-state index contributed by atoms with van der Waals surface area (Å²) in [4.78, 5) is 17.1. The van der Waals surface area contributed by atoms with Gasteiger partial charge in [-0.2, -0.15) is 0 Å². The maximum Gasteiger partial charge on any atom is 0.274 e. The minimum absolute atomic E-state index is 0.148. The Kier molecular flexibility index (Phi) is 5.54. The third-order valence-electron chi connectivity index (χ3n) is 4.64. The van der Waals surface area contributed by atoms with Gasteiger partial charge in [0.1, 0.15) is 11.5 Å². The van der Waals surface area contributed by atoms with Crippen LogP contribution in [-0.2, 0) is 0 Å². The van der Waals surface area contributed by atoms with E-state index in [1.807, 2.05) is 19.1 Å². The molecule has 0 aliphatic heterocycles. The van der Waals surface area contributed by atoms with Crippen LogP contribution in [0.5, 0.6) is 0 Å². The van der Waals surface area contributed by atoms with Gasteiger partial charge in [-0.15, -0.1) is 5.10 Å². The van der Waals surface area contributed by atoms with Crippen LogP contribution in [-0.4, -0.2) is 25.9 Å². The zero-order valence-electron chi connectivity index (χ0n) is 16.0. The summed E-state index contributed by atoms with van der Waals surface area (Å²) >= 11 is 6.35. The molecule has 1 amide bonds. The highest BCUT2D eigenvalue weighted by molar-refractivity contribution is 6.32. The van der Waals surface area contributed by atoms with Crippen molar-refractivity contribution >= 4 is 17.5 Å². The van der Waals surface area contributed by atoms with E-state index in [9.17, 15) is 9.18 Å². The van der Waals surface area contributed by atoms with Crippen molar-refractivity contribution in [3.05, 3.63) is 95.2 Å². The molecule has 0 unspecified atom stereocenters. The first-order chi connectivity index (χ1) is 14.5. The molecule has 150 valence electrons. The normalized spacial score (nSPS) is 11.8. The quantitative estimate of drug-likeness (QED) is 0.510. The van der Waals surface area contributed by atoms with Gasteiger partial charge in [0.2, 0.25) is 0 Å². The second-order valence-electron chi connectivity index (χ2n) is 6.63. The number of benzene rings is 2. The molecule has 0 aliphatic rings. The average Bonchev–Trinajstić information content (AvgIpc) is 3.20. The number of nitrogens with zero attached hydrogens (tertiary/aromatic N) is 4. The van der Waals surface area contributed by atoms with Crippen LogP contribution >= 0.6 is 11.6 Å². The van der Waals surface area contributed by atoms with Crippen molar-refractivity contribution in [1.82, 2.24) is 25.3 Å². The van der Waals surface area contributed by atoms with Gasteiger partial charge in [-0.1, -0.05) is 41.1 Å². The Morgan fingerprint density at radius 1 is 1.07 bits per heavy atom. The lowest BCUT2D eigenvalue weighted by Gasteiger charge is -2.14. The van der Waals surface area contributed by atoms with Crippen LogP contribution < -0.4 is 5.32 Å². The minimum Gasteiger partial charge on any atom is -0.344 e. The number of hydrogen-bond acceptors (Lipinski definition) is 4. The fourth-order valence-electron chi connectivity index (χ4n) is 3.10. The molecule has 1 N–H and O–H groups in total. The summed E-state index contributed by atoms with van der Waals surface area (Å²) in [5.74, 6) is -0.739. The lowest BCUT2D eigenvalue weighted by atomic mass is 10.1. The van der Waals surface area contributed by atoms with Crippen molar-refractivity contribution < 1.29 is 9.18 Å². The molecule has 2 aromatic carbocycles. The van der Waals surface area contributed by atoms with Gasteiger partial charge in [0, 0.05) is 18.0 Å². The second-order valence-corrected chi connectivity index (χ2v) is 7.04. The van der Waals surface area contributed by atoms with Crippen LogP contribution in [0.15, 0.2) is 73.1 Å². The van der Waals surface area contributed by atoms with E-state index in [-0.39, 0.29) is 17.6 Å². The highest BCUT2D eigenvalue weighted by atomic mass is 35.5. The molecule has 0 radical (unpaired) electrons.